The molecule has 6 heteroatoms. The molecule has 1 aliphatic carbocycles. The summed E-state index contributed by atoms with van der Waals surface area (Å²) in [6.07, 6.45) is 2.34. The van der Waals surface area contributed by atoms with E-state index < -0.39 is 15.1 Å². The van der Waals surface area contributed by atoms with Gasteiger partial charge in [-0.1, -0.05) is 30.3 Å². The van der Waals surface area contributed by atoms with Gasteiger partial charge in [-0.2, -0.15) is 0 Å². The van der Waals surface area contributed by atoms with Gasteiger partial charge in [-0.25, -0.2) is 8.42 Å². The number of benzene rings is 1. The molecule has 0 unspecified atom stereocenters. The Morgan fingerprint density at radius 3 is 2.58 bits per heavy atom. The number of ether oxygens (including phenoxy) is 1. The number of hydrogen-bond donors (Lipinski definition) is 0. The standard InChI is InChI=1S/C18H23NO4S/c20-18(14-6-7-14)19-10-15-16(8-9-24(21,22)17(15)11-19)23-12-13-4-2-1-3-5-13/h1-5,14-17H,6-12H2/t15-,16-,17-/m1/s1. The summed E-state index contributed by atoms with van der Waals surface area (Å²) in [5.74, 6) is 0.354. The second kappa shape index (κ2) is 6.15. The molecule has 1 saturated carbocycles. The third kappa shape index (κ3) is 3.09. The topological polar surface area (TPSA) is 63.7 Å². The molecule has 1 aromatic rings. The molecule has 0 aromatic heterocycles. The van der Waals surface area contributed by atoms with E-state index in [-0.39, 0.29) is 29.6 Å². The maximum Gasteiger partial charge on any atom is 0.225 e. The number of rotatable bonds is 4. The van der Waals surface area contributed by atoms with Gasteiger partial charge >= 0.3 is 0 Å². The molecule has 24 heavy (non-hydrogen) atoms. The fraction of sp³-hybridized carbons (Fsp3) is 0.611. The van der Waals surface area contributed by atoms with Crippen LogP contribution in [0, 0.1) is 11.8 Å². The number of amides is 1. The highest BCUT2D eigenvalue weighted by molar-refractivity contribution is 7.92. The molecular weight excluding hydrogens is 326 g/mol. The normalized spacial score (nSPS) is 31.7. The molecule has 3 fully saturated rings. The molecular formula is C18H23NO4S. The Kier molecular flexibility index (Phi) is 4.12. The SMILES string of the molecule is O=C(C1CC1)N1C[C@H]2[C@@H](C1)S(=O)(=O)CC[C@H]2OCc1ccccc1. The van der Waals surface area contributed by atoms with E-state index in [2.05, 4.69) is 0 Å². The van der Waals surface area contributed by atoms with Gasteiger partial charge in [0, 0.05) is 24.9 Å². The van der Waals surface area contributed by atoms with Gasteiger partial charge in [0.25, 0.3) is 0 Å². The van der Waals surface area contributed by atoms with Crippen LogP contribution in [-0.4, -0.2) is 49.4 Å². The molecule has 0 radical (unpaired) electrons. The van der Waals surface area contributed by atoms with Crippen LogP contribution >= 0.6 is 0 Å². The predicted molar refractivity (Wildman–Crippen MR) is 90.0 cm³/mol. The first kappa shape index (κ1) is 16.1. The van der Waals surface area contributed by atoms with E-state index in [9.17, 15) is 13.2 Å². The number of carbonyl (C=O) groups excluding carboxylic acids is 1. The van der Waals surface area contributed by atoms with Crippen molar-refractivity contribution < 1.29 is 17.9 Å². The molecule has 130 valence electrons. The summed E-state index contributed by atoms with van der Waals surface area (Å²) in [5, 5.41) is -0.449. The van der Waals surface area contributed by atoms with Crippen molar-refractivity contribution in [2.45, 2.75) is 37.2 Å². The van der Waals surface area contributed by atoms with Crippen molar-refractivity contribution in [3.63, 3.8) is 0 Å². The Morgan fingerprint density at radius 2 is 1.88 bits per heavy atom. The number of sulfone groups is 1. The van der Waals surface area contributed by atoms with Gasteiger partial charge in [-0.05, 0) is 24.8 Å². The average Bonchev–Trinajstić information content (AvgIpc) is 3.32. The molecule has 2 heterocycles. The molecule has 2 saturated heterocycles. The van der Waals surface area contributed by atoms with Crippen molar-refractivity contribution in [3.05, 3.63) is 35.9 Å². The highest BCUT2D eigenvalue weighted by Crippen LogP contribution is 2.38. The quantitative estimate of drug-likeness (QED) is 0.829. The minimum Gasteiger partial charge on any atom is -0.373 e. The van der Waals surface area contributed by atoms with Gasteiger partial charge in [0.05, 0.1) is 23.7 Å². The molecule has 0 spiro atoms. The second-order valence-corrected chi connectivity index (χ2v) is 9.55. The molecule has 0 bridgehead atoms. The maximum absolute atomic E-state index is 12.4. The van der Waals surface area contributed by atoms with E-state index in [0.29, 0.717) is 26.1 Å². The van der Waals surface area contributed by atoms with Crippen molar-refractivity contribution in [1.29, 1.82) is 0 Å². The van der Waals surface area contributed by atoms with E-state index in [4.69, 9.17) is 4.74 Å². The number of likely N-dealkylation sites (tertiary alicyclic amines) is 1. The van der Waals surface area contributed by atoms with Crippen LogP contribution in [0.2, 0.25) is 0 Å². The van der Waals surface area contributed by atoms with Crippen LogP contribution in [0.25, 0.3) is 0 Å². The zero-order valence-electron chi connectivity index (χ0n) is 13.6. The lowest BCUT2D eigenvalue weighted by atomic mass is 9.98. The fourth-order valence-electron chi connectivity index (χ4n) is 3.93. The number of carbonyl (C=O) groups is 1. The molecule has 1 aromatic carbocycles. The highest BCUT2D eigenvalue weighted by atomic mass is 32.2. The monoisotopic (exact) mass is 349 g/mol. The minimum absolute atomic E-state index is 0.0873. The van der Waals surface area contributed by atoms with Crippen LogP contribution in [0.5, 0.6) is 0 Å². The van der Waals surface area contributed by atoms with Crippen LogP contribution in [0.3, 0.4) is 0 Å². The number of nitrogens with zero attached hydrogens (tertiary/aromatic N) is 1. The number of fused-ring (bicyclic) bond motifs is 1. The zero-order chi connectivity index (χ0) is 16.7. The largest absolute Gasteiger partial charge is 0.373 e. The Hall–Kier alpha value is -1.40. The minimum atomic E-state index is -3.12. The van der Waals surface area contributed by atoms with Crippen LogP contribution in [0.1, 0.15) is 24.8 Å². The Bertz CT molecular complexity index is 714. The lowest BCUT2D eigenvalue weighted by Crippen LogP contribution is -2.44. The van der Waals surface area contributed by atoms with Crippen molar-refractivity contribution in [2.24, 2.45) is 11.8 Å². The van der Waals surface area contributed by atoms with Crippen LogP contribution in [0.4, 0.5) is 0 Å². The van der Waals surface area contributed by atoms with E-state index in [1.807, 2.05) is 30.3 Å². The van der Waals surface area contributed by atoms with Crippen molar-refractivity contribution in [1.82, 2.24) is 4.90 Å². The van der Waals surface area contributed by atoms with Crippen LogP contribution in [-0.2, 0) is 26.0 Å². The summed E-state index contributed by atoms with van der Waals surface area (Å²) in [7, 11) is -3.12. The second-order valence-electron chi connectivity index (χ2n) is 7.21. The molecule has 2 aliphatic heterocycles. The summed E-state index contributed by atoms with van der Waals surface area (Å²) in [6.45, 7) is 1.37. The molecule has 5 nitrogen and oxygen atoms in total. The van der Waals surface area contributed by atoms with E-state index >= 15 is 0 Å². The lowest BCUT2D eigenvalue weighted by Gasteiger charge is -2.32. The molecule has 3 aliphatic rings. The van der Waals surface area contributed by atoms with Crippen LogP contribution in [0.15, 0.2) is 30.3 Å². The summed E-state index contributed by atoms with van der Waals surface area (Å²) in [6, 6.07) is 9.92. The Balaban J connectivity index is 1.47. The Morgan fingerprint density at radius 1 is 1.12 bits per heavy atom. The van der Waals surface area contributed by atoms with Crippen molar-refractivity contribution in [2.75, 3.05) is 18.8 Å². The van der Waals surface area contributed by atoms with Gasteiger partial charge in [0.1, 0.15) is 0 Å². The molecule has 1 amide bonds. The zero-order valence-corrected chi connectivity index (χ0v) is 14.5. The van der Waals surface area contributed by atoms with Gasteiger partial charge in [0.15, 0.2) is 9.84 Å². The fourth-order valence-corrected chi connectivity index (χ4v) is 6.00. The van der Waals surface area contributed by atoms with E-state index in [1.54, 1.807) is 4.90 Å². The molecule has 0 N–H and O–H groups in total. The Labute approximate surface area is 142 Å². The third-order valence-electron chi connectivity index (χ3n) is 5.48. The van der Waals surface area contributed by atoms with Gasteiger partial charge < -0.3 is 9.64 Å². The van der Waals surface area contributed by atoms with Crippen molar-refractivity contribution >= 4 is 15.7 Å². The summed E-state index contributed by atoms with van der Waals surface area (Å²) < 4.78 is 31.0. The highest BCUT2D eigenvalue weighted by Gasteiger charge is 2.51. The summed E-state index contributed by atoms with van der Waals surface area (Å²) in [4.78, 5) is 14.1. The third-order valence-corrected chi connectivity index (χ3v) is 7.71. The maximum atomic E-state index is 12.4. The molecule has 3 atom stereocenters. The average molecular weight is 349 g/mol. The van der Waals surface area contributed by atoms with E-state index in [0.717, 1.165) is 18.4 Å². The first-order valence-electron chi connectivity index (χ1n) is 8.70. The first-order valence-corrected chi connectivity index (χ1v) is 10.4. The van der Waals surface area contributed by atoms with Gasteiger partial charge in [-0.15, -0.1) is 0 Å². The summed E-state index contributed by atoms with van der Waals surface area (Å²) in [5.41, 5.74) is 1.09. The van der Waals surface area contributed by atoms with Crippen LogP contribution < -0.4 is 0 Å². The smallest absolute Gasteiger partial charge is 0.225 e. The van der Waals surface area contributed by atoms with Crippen molar-refractivity contribution in [3.8, 4) is 0 Å². The number of hydrogen-bond acceptors (Lipinski definition) is 4. The lowest BCUT2D eigenvalue weighted by molar-refractivity contribution is -0.131. The molecule has 4 rings (SSSR count). The predicted octanol–water partition coefficient (Wildman–Crippen LogP) is 1.63. The first-order chi connectivity index (χ1) is 11.5. The van der Waals surface area contributed by atoms with Gasteiger partial charge in [-0.3, -0.25) is 4.79 Å². The van der Waals surface area contributed by atoms with Gasteiger partial charge in [0.2, 0.25) is 5.91 Å². The summed E-state index contributed by atoms with van der Waals surface area (Å²) >= 11 is 0. The van der Waals surface area contributed by atoms with E-state index in [1.165, 1.54) is 0 Å².